The number of nitrogens with one attached hydrogen (secondary N) is 1. The van der Waals surface area contributed by atoms with E-state index in [-0.39, 0.29) is 11.5 Å². The molecular weight excluding hydrogens is 166 g/mol. The van der Waals surface area contributed by atoms with Gasteiger partial charge in [0.25, 0.3) is 0 Å². The fraction of sp³-hybridized carbons (Fsp3) is 0.900. The van der Waals surface area contributed by atoms with Gasteiger partial charge >= 0.3 is 5.97 Å². The Hall–Kier alpha value is -0.570. The Balaban J connectivity index is 2.61. The molecule has 0 bridgehead atoms. The molecule has 1 N–H and O–H groups in total. The number of ether oxygens (including phenoxy) is 1. The molecule has 3 heteroatoms. The molecule has 0 radical (unpaired) electrons. The number of carbonyl (C=O) groups is 1. The molecule has 0 spiro atoms. The largest absolute Gasteiger partial charge is 0.465 e. The van der Waals surface area contributed by atoms with Gasteiger partial charge in [-0.1, -0.05) is 19.3 Å². The second-order valence-electron chi connectivity index (χ2n) is 3.61. The van der Waals surface area contributed by atoms with Gasteiger partial charge in [-0.05, 0) is 26.8 Å². The molecule has 0 aromatic rings. The number of likely N-dealkylation sites (N-methyl/N-ethyl adjacent to an activating group) is 1. The van der Waals surface area contributed by atoms with Crippen molar-refractivity contribution in [2.24, 2.45) is 0 Å². The molecule has 0 heterocycles. The standard InChI is InChI=1S/C10H19NO2/c1-3-13-9(12)10(11-2)7-5-4-6-8-10/h11H,3-8H2,1-2H3. The first-order valence-corrected chi connectivity index (χ1v) is 5.11. The van der Waals surface area contributed by atoms with Gasteiger partial charge in [0.2, 0.25) is 0 Å². The predicted octanol–water partition coefficient (Wildman–Crippen LogP) is 1.47. The first-order chi connectivity index (χ1) is 6.25. The Morgan fingerprint density at radius 1 is 1.38 bits per heavy atom. The monoisotopic (exact) mass is 185 g/mol. The molecule has 1 saturated carbocycles. The highest BCUT2D eigenvalue weighted by atomic mass is 16.5. The quantitative estimate of drug-likeness (QED) is 0.677. The summed E-state index contributed by atoms with van der Waals surface area (Å²) in [6.45, 7) is 2.33. The van der Waals surface area contributed by atoms with Crippen molar-refractivity contribution in [3.8, 4) is 0 Å². The molecule has 0 unspecified atom stereocenters. The summed E-state index contributed by atoms with van der Waals surface area (Å²) in [6, 6.07) is 0. The topological polar surface area (TPSA) is 38.3 Å². The minimum Gasteiger partial charge on any atom is -0.465 e. The van der Waals surface area contributed by atoms with E-state index in [1.807, 2.05) is 14.0 Å². The first kappa shape index (κ1) is 10.5. The summed E-state index contributed by atoms with van der Waals surface area (Å²) >= 11 is 0. The lowest BCUT2D eigenvalue weighted by molar-refractivity contribution is -0.152. The molecule has 0 aromatic heterocycles. The van der Waals surface area contributed by atoms with Crippen LogP contribution in [0.3, 0.4) is 0 Å². The molecule has 3 nitrogen and oxygen atoms in total. The van der Waals surface area contributed by atoms with Gasteiger partial charge in [-0.15, -0.1) is 0 Å². The van der Waals surface area contributed by atoms with E-state index >= 15 is 0 Å². The zero-order chi connectivity index (χ0) is 9.73. The van der Waals surface area contributed by atoms with Crippen molar-refractivity contribution in [1.29, 1.82) is 0 Å². The molecule has 13 heavy (non-hydrogen) atoms. The smallest absolute Gasteiger partial charge is 0.326 e. The lowest BCUT2D eigenvalue weighted by Crippen LogP contribution is -2.52. The van der Waals surface area contributed by atoms with Crippen molar-refractivity contribution in [3.05, 3.63) is 0 Å². The summed E-state index contributed by atoms with van der Waals surface area (Å²) in [5.74, 6) is -0.0720. The van der Waals surface area contributed by atoms with Crippen LogP contribution in [0.2, 0.25) is 0 Å². The van der Waals surface area contributed by atoms with Crippen LogP contribution in [0.4, 0.5) is 0 Å². The summed E-state index contributed by atoms with van der Waals surface area (Å²) < 4.78 is 5.07. The highest BCUT2D eigenvalue weighted by molar-refractivity contribution is 5.80. The van der Waals surface area contributed by atoms with E-state index in [1.54, 1.807) is 0 Å². The van der Waals surface area contributed by atoms with E-state index in [2.05, 4.69) is 5.32 Å². The van der Waals surface area contributed by atoms with Gasteiger partial charge in [-0.3, -0.25) is 4.79 Å². The van der Waals surface area contributed by atoms with Crippen LogP contribution in [0, 0.1) is 0 Å². The lowest BCUT2D eigenvalue weighted by atomic mass is 9.82. The molecule has 0 saturated heterocycles. The van der Waals surface area contributed by atoms with Gasteiger partial charge in [0.1, 0.15) is 5.54 Å². The van der Waals surface area contributed by atoms with E-state index in [0.717, 1.165) is 25.7 Å². The zero-order valence-corrected chi connectivity index (χ0v) is 8.56. The van der Waals surface area contributed by atoms with Gasteiger partial charge in [-0.25, -0.2) is 0 Å². The van der Waals surface area contributed by atoms with E-state index in [1.165, 1.54) is 6.42 Å². The molecule has 0 aromatic carbocycles. The van der Waals surface area contributed by atoms with Crippen molar-refractivity contribution < 1.29 is 9.53 Å². The second-order valence-corrected chi connectivity index (χ2v) is 3.61. The summed E-state index contributed by atoms with van der Waals surface area (Å²) in [7, 11) is 1.85. The van der Waals surface area contributed by atoms with Gasteiger partial charge in [-0.2, -0.15) is 0 Å². The lowest BCUT2D eigenvalue weighted by Gasteiger charge is -2.34. The molecule has 1 fully saturated rings. The van der Waals surface area contributed by atoms with Gasteiger partial charge < -0.3 is 10.1 Å². The normalized spacial score (nSPS) is 21.1. The molecule has 76 valence electrons. The summed E-state index contributed by atoms with van der Waals surface area (Å²) in [4.78, 5) is 11.7. The number of hydrogen-bond acceptors (Lipinski definition) is 3. The van der Waals surface area contributed by atoms with Crippen LogP contribution in [0.25, 0.3) is 0 Å². The Morgan fingerprint density at radius 3 is 2.46 bits per heavy atom. The van der Waals surface area contributed by atoms with Crippen molar-refractivity contribution in [2.75, 3.05) is 13.7 Å². The Kier molecular flexibility index (Phi) is 3.72. The predicted molar refractivity (Wildman–Crippen MR) is 51.5 cm³/mol. The van der Waals surface area contributed by atoms with Gasteiger partial charge in [0.05, 0.1) is 6.61 Å². The minimum atomic E-state index is -0.381. The van der Waals surface area contributed by atoms with Crippen LogP contribution >= 0.6 is 0 Å². The van der Waals surface area contributed by atoms with E-state index in [9.17, 15) is 4.79 Å². The molecular formula is C10H19NO2. The number of esters is 1. The fourth-order valence-corrected chi connectivity index (χ4v) is 1.98. The summed E-state index contributed by atoms with van der Waals surface area (Å²) in [6.07, 6.45) is 5.33. The molecule has 0 amide bonds. The van der Waals surface area contributed by atoms with Crippen LogP contribution in [0.5, 0.6) is 0 Å². The van der Waals surface area contributed by atoms with E-state index in [0.29, 0.717) is 6.61 Å². The minimum absolute atomic E-state index is 0.0720. The van der Waals surface area contributed by atoms with Crippen LogP contribution in [0.15, 0.2) is 0 Å². The zero-order valence-electron chi connectivity index (χ0n) is 8.56. The van der Waals surface area contributed by atoms with Crippen molar-refractivity contribution in [3.63, 3.8) is 0 Å². The molecule has 1 aliphatic carbocycles. The number of hydrogen-bond donors (Lipinski definition) is 1. The van der Waals surface area contributed by atoms with E-state index < -0.39 is 0 Å². The molecule has 1 aliphatic rings. The summed E-state index contributed by atoms with van der Waals surface area (Å²) in [5.41, 5.74) is -0.381. The van der Waals surface area contributed by atoms with Gasteiger partial charge in [0.15, 0.2) is 0 Å². The maximum absolute atomic E-state index is 11.7. The third-order valence-corrected chi connectivity index (χ3v) is 2.85. The van der Waals surface area contributed by atoms with Crippen LogP contribution in [-0.4, -0.2) is 25.2 Å². The van der Waals surface area contributed by atoms with Crippen LogP contribution < -0.4 is 5.32 Å². The number of rotatable bonds is 3. The van der Waals surface area contributed by atoms with Crippen LogP contribution in [0.1, 0.15) is 39.0 Å². The Labute approximate surface area is 79.8 Å². The van der Waals surface area contributed by atoms with Crippen molar-refractivity contribution >= 4 is 5.97 Å². The maximum atomic E-state index is 11.7. The highest BCUT2D eigenvalue weighted by Gasteiger charge is 2.39. The Morgan fingerprint density at radius 2 is 2.00 bits per heavy atom. The van der Waals surface area contributed by atoms with Crippen LogP contribution in [-0.2, 0) is 9.53 Å². The second kappa shape index (κ2) is 4.61. The van der Waals surface area contributed by atoms with E-state index in [4.69, 9.17) is 4.74 Å². The first-order valence-electron chi connectivity index (χ1n) is 5.11. The SMILES string of the molecule is CCOC(=O)C1(NC)CCCCC1. The average Bonchev–Trinajstić information content (AvgIpc) is 2.19. The third-order valence-electron chi connectivity index (χ3n) is 2.85. The molecule has 0 aliphatic heterocycles. The van der Waals surface area contributed by atoms with Crippen molar-refractivity contribution in [1.82, 2.24) is 5.32 Å². The van der Waals surface area contributed by atoms with Crippen molar-refractivity contribution in [2.45, 2.75) is 44.6 Å². The molecule has 1 rings (SSSR count). The fourth-order valence-electron chi connectivity index (χ4n) is 1.98. The highest BCUT2D eigenvalue weighted by Crippen LogP contribution is 2.28. The average molecular weight is 185 g/mol. The number of carbonyl (C=O) groups excluding carboxylic acids is 1. The van der Waals surface area contributed by atoms with Gasteiger partial charge in [0, 0.05) is 0 Å². The molecule has 0 atom stereocenters. The Bertz CT molecular complexity index is 174. The maximum Gasteiger partial charge on any atom is 0.326 e. The third kappa shape index (κ3) is 2.21. The summed E-state index contributed by atoms with van der Waals surface area (Å²) in [5, 5.41) is 3.13.